The van der Waals surface area contributed by atoms with Crippen molar-refractivity contribution in [1.82, 2.24) is 10.3 Å². The molecule has 0 fully saturated rings. The molecule has 1 amide bonds. The average molecular weight is 263 g/mol. The van der Waals surface area contributed by atoms with Gasteiger partial charge in [-0.3, -0.25) is 9.78 Å². The number of aromatic nitrogens is 1. The number of carbonyl (C=O) groups excluding carboxylic acids is 1. The second-order valence-electron chi connectivity index (χ2n) is 4.12. The lowest BCUT2D eigenvalue weighted by molar-refractivity contribution is -0.117. The van der Waals surface area contributed by atoms with Crippen molar-refractivity contribution in [2.24, 2.45) is 0 Å². The van der Waals surface area contributed by atoms with E-state index in [9.17, 15) is 4.79 Å². The molecule has 2 rings (SSSR count). The standard InChI is InChI=1S/C16H13N3O/c17-10-15(9-14-7-4-8-18-11-14)16(20)19-12-13-5-2-1-3-6-13/h1-9,11H,12H2,(H,19,20). The van der Waals surface area contributed by atoms with Crippen molar-refractivity contribution in [2.45, 2.75) is 6.54 Å². The smallest absolute Gasteiger partial charge is 0.262 e. The maximum atomic E-state index is 11.9. The van der Waals surface area contributed by atoms with E-state index in [1.165, 1.54) is 6.08 Å². The van der Waals surface area contributed by atoms with Crippen LogP contribution in [0.15, 0.2) is 60.4 Å². The van der Waals surface area contributed by atoms with Gasteiger partial charge in [0.1, 0.15) is 11.6 Å². The average Bonchev–Trinajstić information content (AvgIpc) is 2.52. The molecule has 1 aromatic heterocycles. The van der Waals surface area contributed by atoms with Crippen LogP contribution >= 0.6 is 0 Å². The summed E-state index contributed by atoms with van der Waals surface area (Å²) in [6.07, 6.45) is 4.76. The number of rotatable bonds is 4. The van der Waals surface area contributed by atoms with Crippen LogP contribution in [0.1, 0.15) is 11.1 Å². The van der Waals surface area contributed by atoms with Gasteiger partial charge in [-0.05, 0) is 23.3 Å². The Morgan fingerprint density at radius 3 is 2.70 bits per heavy atom. The summed E-state index contributed by atoms with van der Waals surface area (Å²) in [5.74, 6) is -0.389. The number of benzene rings is 1. The van der Waals surface area contributed by atoms with Gasteiger partial charge in [-0.15, -0.1) is 0 Å². The van der Waals surface area contributed by atoms with E-state index in [0.717, 1.165) is 11.1 Å². The monoisotopic (exact) mass is 263 g/mol. The van der Waals surface area contributed by atoms with Crippen LogP contribution in [0.5, 0.6) is 0 Å². The lowest BCUT2D eigenvalue weighted by atomic mass is 10.1. The van der Waals surface area contributed by atoms with E-state index in [1.54, 1.807) is 24.5 Å². The summed E-state index contributed by atoms with van der Waals surface area (Å²) in [5.41, 5.74) is 1.77. The minimum absolute atomic E-state index is 0.0638. The van der Waals surface area contributed by atoms with Crippen molar-refractivity contribution < 1.29 is 4.79 Å². The molecule has 1 N–H and O–H groups in total. The fraction of sp³-hybridized carbons (Fsp3) is 0.0625. The van der Waals surface area contributed by atoms with Gasteiger partial charge >= 0.3 is 0 Å². The van der Waals surface area contributed by atoms with Gasteiger partial charge in [-0.25, -0.2) is 0 Å². The lowest BCUT2D eigenvalue weighted by Gasteiger charge is -2.04. The largest absolute Gasteiger partial charge is 0.347 e. The molecule has 0 spiro atoms. The maximum Gasteiger partial charge on any atom is 0.262 e. The van der Waals surface area contributed by atoms with E-state index in [-0.39, 0.29) is 11.5 Å². The highest BCUT2D eigenvalue weighted by Gasteiger charge is 2.08. The molecule has 0 saturated heterocycles. The zero-order valence-electron chi connectivity index (χ0n) is 10.8. The molecule has 20 heavy (non-hydrogen) atoms. The first kappa shape index (κ1) is 13.5. The van der Waals surface area contributed by atoms with Gasteiger partial charge in [0, 0.05) is 18.9 Å². The highest BCUT2D eigenvalue weighted by atomic mass is 16.1. The maximum absolute atomic E-state index is 11.9. The van der Waals surface area contributed by atoms with Crippen LogP contribution in [0.25, 0.3) is 6.08 Å². The summed E-state index contributed by atoms with van der Waals surface area (Å²) in [4.78, 5) is 15.9. The van der Waals surface area contributed by atoms with E-state index < -0.39 is 0 Å². The summed E-state index contributed by atoms with van der Waals surface area (Å²) in [6.45, 7) is 0.395. The number of amides is 1. The molecule has 2 aromatic rings. The van der Waals surface area contributed by atoms with E-state index in [1.807, 2.05) is 36.4 Å². The first-order valence-corrected chi connectivity index (χ1v) is 6.13. The Morgan fingerprint density at radius 2 is 2.05 bits per heavy atom. The number of hydrogen-bond donors (Lipinski definition) is 1. The molecule has 1 heterocycles. The Kier molecular flexibility index (Phi) is 4.63. The lowest BCUT2D eigenvalue weighted by Crippen LogP contribution is -2.23. The van der Waals surface area contributed by atoms with Crippen LogP contribution in [0.2, 0.25) is 0 Å². The molecule has 0 saturated carbocycles. The molecule has 0 radical (unpaired) electrons. The molecule has 1 aromatic carbocycles. The third-order valence-electron chi connectivity index (χ3n) is 2.66. The first-order chi connectivity index (χ1) is 9.79. The third-order valence-corrected chi connectivity index (χ3v) is 2.66. The van der Waals surface area contributed by atoms with Crippen molar-refractivity contribution in [1.29, 1.82) is 5.26 Å². The van der Waals surface area contributed by atoms with Crippen molar-refractivity contribution >= 4 is 12.0 Å². The van der Waals surface area contributed by atoms with E-state index in [2.05, 4.69) is 10.3 Å². The van der Waals surface area contributed by atoms with Gasteiger partial charge < -0.3 is 5.32 Å². The summed E-state index contributed by atoms with van der Waals surface area (Å²) in [5, 5.41) is 11.8. The molecular formula is C16H13N3O. The molecule has 0 aliphatic heterocycles. The van der Waals surface area contributed by atoms with Crippen LogP contribution in [-0.4, -0.2) is 10.9 Å². The third kappa shape index (κ3) is 3.79. The molecule has 0 atom stereocenters. The molecular weight excluding hydrogens is 250 g/mol. The Morgan fingerprint density at radius 1 is 1.25 bits per heavy atom. The number of hydrogen-bond acceptors (Lipinski definition) is 3. The van der Waals surface area contributed by atoms with Gasteiger partial charge in [0.15, 0.2) is 0 Å². The normalized spacial score (nSPS) is 10.7. The highest BCUT2D eigenvalue weighted by Crippen LogP contribution is 2.05. The van der Waals surface area contributed by atoms with Crippen LogP contribution in [0, 0.1) is 11.3 Å². The Bertz CT molecular complexity index is 642. The van der Waals surface area contributed by atoms with Crippen LogP contribution < -0.4 is 5.32 Å². The summed E-state index contributed by atoms with van der Waals surface area (Å²) >= 11 is 0. The van der Waals surface area contributed by atoms with Crippen LogP contribution in [-0.2, 0) is 11.3 Å². The van der Waals surface area contributed by atoms with E-state index in [4.69, 9.17) is 5.26 Å². The Hall–Kier alpha value is -2.93. The fourth-order valence-electron chi connectivity index (χ4n) is 1.65. The first-order valence-electron chi connectivity index (χ1n) is 6.13. The van der Waals surface area contributed by atoms with Crippen LogP contribution in [0.3, 0.4) is 0 Å². The zero-order valence-corrected chi connectivity index (χ0v) is 10.8. The van der Waals surface area contributed by atoms with Gasteiger partial charge in [0.25, 0.3) is 5.91 Å². The summed E-state index contributed by atoms with van der Waals surface area (Å²) in [6, 6.07) is 15.0. The predicted molar refractivity (Wildman–Crippen MR) is 76.1 cm³/mol. The molecule has 0 unspecified atom stereocenters. The fourth-order valence-corrected chi connectivity index (χ4v) is 1.65. The van der Waals surface area contributed by atoms with Gasteiger partial charge in [0.2, 0.25) is 0 Å². The molecule has 4 heteroatoms. The number of nitrogens with one attached hydrogen (secondary N) is 1. The number of pyridine rings is 1. The minimum Gasteiger partial charge on any atom is -0.347 e. The van der Waals surface area contributed by atoms with Crippen molar-refractivity contribution in [3.05, 3.63) is 71.6 Å². The van der Waals surface area contributed by atoms with Crippen LogP contribution in [0.4, 0.5) is 0 Å². The van der Waals surface area contributed by atoms with Crippen molar-refractivity contribution in [3.8, 4) is 6.07 Å². The van der Waals surface area contributed by atoms with Crippen molar-refractivity contribution in [3.63, 3.8) is 0 Å². The van der Waals surface area contributed by atoms with Crippen molar-refractivity contribution in [2.75, 3.05) is 0 Å². The number of nitrogens with zero attached hydrogens (tertiary/aromatic N) is 2. The number of carbonyl (C=O) groups is 1. The highest BCUT2D eigenvalue weighted by molar-refractivity contribution is 6.01. The number of nitriles is 1. The van der Waals surface area contributed by atoms with Gasteiger partial charge in [-0.2, -0.15) is 5.26 Å². The Balaban J connectivity index is 2.03. The van der Waals surface area contributed by atoms with E-state index in [0.29, 0.717) is 6.54 Å². The summed E-state index contributed by atoms with van der Waals surface area (Å²) < 4.78 is 0. The molecule has 0 bridgehead atoms. The molecule has 98 valence electrons. The molecule has 0 aliphatic carbocycles. The van der Waals surface area contributed by atoms with Gasteiger partial charge in [-0.1, -0.05) is 36.4 Å². The SMILES string of the molecule is N#CC(=Cc1cccnc1)C(=O)NCc1ccccc1. The summed E-state index contributed by atoms with van der Waals surface area (Å²) in [7, 11) is 0. The second-order valence-corrected chi connectivity index (χ2v) is 4.12. The minimum atomic E-state index is -0.389. The molecule has 4 nitrogen and oxygen atoms in total. The quantitative estimate of drug-likeness (QED) is 0.680. The molecule has 0 aliphatic rings. The van der Waals surface area contributed by atoms with Gasteiger partial charge in [0.05, 0.1) is 0 Å². The topological polar surface area (TPSA) is 65.8 Å². The Labute approximate surface area is 117 Å². The predicted octanol–water partition coefficient (Wildman–Crippen LogP) is 2.30. The second kappa shape index (κ2) is 6.86. The van der Waals surface area contributed by atoms with E-state index >= 15 is 0 Å². The zero-order chi connectivity index (χ0) is 14.2.